The number of hydrogen-bond acceptors (Lipinski definition) is 8. The largest absolute Gasteiger partial charge is 0.492 e. The molecule has 0 spiro atoms. The number of ether oxygens (including phenoxy) is 4. The molecule has 1 aliphatic heterocycles. The summed E-state index contributed by atoms with van der Waals surface area (Å²) in [6, 6.07) is 13.6. The Hall–Kier alpha value is -2.98. The van der Waals surface area contributed by atoms with Crippen molar-refractivity contribution in [3.05, 3.63) is 59.2 Å². The van der Waals surface area contributed by atoms with Crippen LogP contribution in [0.2, 0.25) is 0 Å². The van der Waals surface area contributed by atoms with Gasteiger partial charge in [0.15, 0.2) is 0 Å². The van der Waals surface area contributed by atoms with Gasteiger partial charge in [0.2, 0.25) is 5.91 Å². The lowest BCUT2D eigenvalue weighted by Crippen LogP contribution is -2.33. The summed E-state index contributed by atoms with van der Waals surface area (Å²) in [5.74, 6) is 1.46. The van der Waals surface area contributed by atoms with Crippen molar-refractivity contribution < 1.29 is 28.8 Å². The van der Waals surface area contributed by atoms with Gasteiger partial charge in [-0.25, -0.2) is 5.43 Å². The quantitative estimate of drug-likeness (QED) is 0.255. The Labute approximate surface area is 225 Å². The molecule has 1 atom stereocenters. The minimum absolute atomic E-state index is 0.0512. The maximum atomic E-state index is 11.3. The first-order valence-corrected chi connectivity index (χ1v) is 13.4. The van der Waals surface area contributed by atoms with Crippen LogP contribution in [0.3, 0.4) is 0 Å². The van der Waals surface area contributed by atoms with E-state index >= 15 is 0 Å². The molecule has 0 aliphatic carbocycles. The van der Waals surface area contributed by atoms with E-state index in [-0.39, 0.29) is 12.5 Å². The predicted octanol–water partition coefficient (Wildman–Crippen LogP) is 3.35. The minimum atomic E-state index is -0.636. The Bertz CT molecular complexity index is 1010. The van der Waals surface area contributed by atoms with Crippen LogP contribution in [0, 0.1) is 6.92 Å². The highest BCUT2D eigenvalue weighted by Crippen LogP contribution is 2.21. The van der Waals surface area contributed by atoms with E-state index in [9.17, 15) is 9.90 Å². The van der Waals surface area contributed by atoms with Crippen molar-refractivity contribution in [1.29, 1.82) is 0 Å². The molecule has 9 nitrogen and oxygen atoms in total. The van der Waals surface area contributed by atoms with Crippen LogP contribution in [-0.2, 0) is 20.9 Å². The Kier molecular flexibility index (Phi) is 13.1. The fraction of sp³-hybridized carbons (Fsp3) is 0.517. The molecule has 0 aromatic heterocycles. The number of nitrogens with one attached hydrogen (secondary N) is 2. The molecule has 3 rings (SSSR count). The molecule has 1 heterocycles. The van der Waals surface area contributed by atoms with Crippen molar-refractivity contribution in [3.8, 4) is 11.5 Å². The van der Waals surface area contributed by atoms with Crippen molar-refractivity contribution in [3.63, 3.8) is 0 Å². The summed E-state index contributed by atoms with van der Waals surface area (Å²) in [4.78, 5) is 11.3. The van der Waals surface area contributed by atoms with Crippen LogP contribution in [0.5, 0.6) is 11.5 Å². The zero-order valence-corrected chi connectivity index (χ0v) is 22.5. The third kappa shape index (κ3) is 10.8. The molecular formula is C29H41N3O6. The zero-order valence-electron chi connectivity index (χ0n) is 22.5. The number of unbranched alkanes of at least 4 members (excludes halogenated alkanes) is 1. The van der Waals surface area contributed by atoms with E-state index < -0.39 is 6.10 Å². The van der Waals surface area contributed by atoms with Crippen molar-refractivity contribution in [2.45, 2.75) is 52.2 Å². The van der Waals surface area contributed by atoms with Crippen LogP contribution in [0.1, 0.15) is 49.3 Å². The third-order valence-electron chi connectivity index (χ3n) is 5.98. The van der Waals surface area contributed by atoms with Crippen LogP contribution in [-0.4, -0.2) is 69.0 Å². The summed E-state index contributed by atoms with van der Waals surface area (Å²) in [6.45, 7) is 8.31. The summed E-state index contributed by atoms with van der Waals surface area (Å²) in [7, 11) is 0. The number of carbonyl (C=O) groups is 1. The van der Waals surface area contributed by atoms with Gasteiger partial charge in [-0.15, -0.1) is 0 Å². The third-order valence-corrected chi connectivity index (χ3v) is 5.98. The first kappa shape index (κ1) is 29.6. The Morgan fingerprint density at radius 1 is 1.03 bits per heavy atom. The summed E-state index contributed by atoms with van der Waals surface area (Å²) >= 11 is 0. The average Bonchev–Trinajstić information content (AvgIpc) is 2.93. The lowest BCUT2D eigenvalue weighted by Gasteiger charge is -2.15. The highest BCUT2D eigenvalue weighted by atomic mass is 16.5. The van der Waals surface area contributed by atoms with E-state index in [2.05, 4.69) is 22.8 Å². The number of aliphatic hydroxyl groups is 1. The molecule has 1 amide bonds. The standard InChI is InChI=1S/C29H41N3O6/c1-3-4-14-35-16-17-36-20-23-5-8-26(9-6-23)38-21-25(33)19-30-13-15-37-28-11-7-24(18-22(28)2)27-10-12-29(34)32-31-27/h5-9,11,18,25,30,33H,3-4,10,12-17,19-21H2,1-2H3,(H,32,34). The molecule has 0 radical (unpaired) electrons. The second-order valence-corrected chi connectivity index (χ2v) is 9.25. The van der Waals surface area contributed by atoms with E-state index in [0.717, 1.165) is 47.6 Å². The molecule has 1 unspecified atom stereocenters. The number of benzene rings is 2. The number of hydrogen-bond donors (Lipinski definition) is 3. The Morgan fingerprint density at radius 3 is 2.58 bits per heavy atom. The predicted molar refractivity (Wildman–Crippen MR) is 147 cm³/mol. The van der Waals surface area contributed by atoms with Crippen LogP contribution in [0.15, 0.2) is 47.6 Å². The maximum Gasteiger partial charge on any atom is 0.240 e. The molecule has 0 saturated heterocycles. The maximum absolute atomic E-state index is 11.3. The van der Waals surface area contributed by atoms with Gasteiger partial charge in [-0.2, -0.15) is 5.10 Å². The number of carbonyl (C=O) groups excluding carboxylic acids is 1. The van der Waals surface area contributed by atoms with Gasteiger partial charge in [0.05, 0.1) is 25.5 Å². The van der Waals surface area contributed by atoms with Crippen LogP contribution in [0.25, 0.3) is 0 Å². The van der Waals surface area contributed by atoms with Crippen molar-refractivity contribution in [2.24, 2.45) is 5.10 Å². The monoisotopic (exact) mass is 527 g/mol. The molecule has 9 heteroatoms. The smallest absolute Gasteiger partial charge is 0.240 e. The first-order valence-electron chi connectivity index (χ1n) is 13.4. The van der Waals surface area contributed by atoms with Crippen LogP contribution in [0.4, 0.5) is 0 Å². The molecule has 2 aromatic rings. The van der Waals surface area contributed by atoms with Gasteiger partial charge in [0.1, 0.15) is 30.8 Å². The average molecular weight is 528 g/mol. The Balaban J connectivity index is 1.25. The first-order chi connectivity index (χ1) is 18.5. The number of hydrazone groups is 1. The molecule has 0 fully saturated rings. The van der Waals surface area contributed by atoms with Gasteiger partial charge in [0, 0.05) is 32.5 Å². The van der Waals surface area contributed by atoms with Gasteiger partial charge < -0.3 is 29.4 Å². The van der Waals surface area contributed by atoms with Gasteiger partial charge >= 0.3 is 0 Å². The summed E-state index contributed by atoms with van der Waals surface area (Å²) in [5, 5.41) is 17.5. The fourth-order valence-corrected chi connectivity index (χ4v) is 3.76. The van der Waals surface area contributed by atoms with Crippen LogP contribution >= 0.6 is 0 Å². The number of amides is 1. The van der Waals surface area contributed by atoms with Crippen molar-refractivity contribution >= 4 is 11.6 Å². The lowest BCUT2D eigenvalue weighted by molar-refractivity contribution is -0.121. The van der Waals surface area contributed by atoms with Gasteiger partial charge in [-0.3, -0.25) is 4.79 Å². The fourth-order valence-electron chi connectivity index (χ4n) is 3.76. The number of aryl methyl sites for hydroxylation is 1. The zero-order chi connectivity index (χ0) is 27.0. The molecule has 0 saturated carbocycles. The van der Waals surface area contributed by atoms with Crippen molar-refractivity contribution in [1.82, 2.24) is 10.7 Å². The molecule has 2 aromatic carbocycles. The van der Waals surface area contributed by atoms with Crippen LogP contribution < -0.4 is 20.2 Å². The van der Waals surface area contributed by atoms with Gasteiger partial charge in [-0.1, -0.05) is 25.5 Å². The van der Waals surface area contributed by atoms with Gasteiger partial charge in [-0.05, 0) is 60.4 Å². The second kappa shape index (κ2) is 16.8. The minimum Gasteiger partial charge on any atom is -0.492 e. The molecule has 0 bridgehead atoms. The SMILES string of the molecule is CCCCOCCOCc1ccc(OCC(O)CNCCOc2ccc(C3=NNC(=O)CC3)cc2C)cc1. The molecule has 208 valence electrons. The van der Waals surface area contributed by atoms with E-state index in [1.54, 1.807) is 0 Å². The highest BCUT2D eigenvalue weighted by Gasteiger charge is 2.14. The van der Waals surface area contributed by atoms with Crippen molar-refractivity contribution in [2.75, 3.05) is 46.1 Å². The molecule has 1 aliphatic rings. The summed E-state index contributed by atoms with van der Waals surface area (Å²) < 4.78 is 22.7. The second-order valence-electron chi connectivity index (χ2n) is 9.25. The normalized spacial score (nSPS) is 14.1. The number of nitrogens with zero attached hydrogens (tertiary/aromatic N) is 1. The molecule has 3 N–H and O–H groups in total. The molecule has 38 heavy (non-hydrogen) atoms. The number of aliphatic hydroxyl groups excluding tert-OH is 1. The topological polar surface area (TPSA) is 111 Å². The highest BCUT2D eigenvalue weighted by molar-refractivity contribution is 6.04. The number of rotatable bonds is 18. The van der Waals surface area contributed by atoms with E-state index in [1.165, 1.54) is 0 Å². The van der Waals surface area contributed by atoms with E-state index in [4.69, 9.17) is 18.9 Å². The summed E-state index contributed by atoms with van der Waals surface area (Å²) in [6.07, 6.45) is 2.67. The Morgan fingerprint density at radius 2 is 1.84 bits per heavy atom. The van der Waals surface area contributed by atoms with E-state index in [0.29, 0.717) is 58.1 Å². The molecular weight excluding hydrogens is 486 g/mol. The summed E-state index contributed by atoms with van der Waals surface area (Å²) in [5.41, 5.74) is 6.46. The lowest BCUT2D eigenvalue weighted by atomic mass is 10.0. The van der Waals surface area contributed by atoms with E-state index in [1.807, 2.05) is 49.4 Å². The van der Waals surface area contributed by atoms with Gasteiger partial charge in [0.25, 0.3) is 0 Å².